The van der Waals surface area contributed by atoms with Crippen molar-refractivity contribution in [1.29, 1.82) is 0 Å². The number of pyridine rings is 1. The second kappa shape index (κ2) is 14.7. The van der Waals surface area contributed by atoms with Gasteiger partial charge in [-0.25, -0.2) is 19.7 Å². The summed E-state index contributed by atoms with van der Waals surface area (Å²) in [4.78, 5) is 43.4. The van der Waals surface area contributed by atoms with Gasteiger partial charge < -0.3 is 29.3 Å². The molecule has 0 bridgehead atoms. The van der Waals surface area contributed by atoms with Crippen LogP contribution in [0.15, 0.2) is 79.4 Å². The number of nitrogens with one attached hydrogen (secondary N) is 1. The molecule has 5 aromatic rings. The van der Waals surface area contributed by atoms with E-state index in [-0.39, 0.29) is 6.03 Å². The van der Waals surface area contributed by atoms with Crippen LogP contribution in [0.25, 0.3) is 11.3 Å². The van der Waals surface area contributed by atoms with Gasteiger partial charge in [0.1, 0.15) is 17.3 Å². The molecule has 50 heavy (non-hydrogen) atoms. The minimum absolute atomic E-state index is 0.267. The Hall–Kier alpha value is -5.82. The van der Waals surface area contributed by atoms with Crippen molar-refractivity contribution >= 4 is 29.4 Å². The van der Waals surface area contributed by atoms with Crippen molar-refractivity contribution in [3.05, 3.63) is 102 Å². The molecule has 0 unspecified atom stereocenters. The molecule has 1 saturated heterocycles. The van der Waals surface area contributed by atoms with Crippen LogP contribution in [0.1, 0.15) is 22.3 Å². The molecule has 256 valence electrons. The number of aryl methyl sites for hydroxylation is 1. The summed E-state index contributed by atoms with van der Waals surface area (Å²) in [5.74, 6) is 3.30. The van der Waals surface area contributed by atoms with Crippen molar-refractivity contribution in [1.82, 2.24) is 24.9 Å². The lowest BCUT2D eigenvalue weighted by Crippen LogP contribution is -2.38. The molecule has 2 aliphatic rings. The second-order valence-electron chi connectivity index (χ2n) is 12.1. The van der Waals surface area contributed by atoms with Crippen LogP contribution in [0.5, 0.6) is 11.5 Å². The van der Waals surface area contributed by atoms with Gasteiger partial charge in [-0.3, -0.25) is 9.88 Å². The highest BCUT2D eigenvalue weighted by Gasteiger charge is 2.32. The number of aromatic nitrogens is 5. The topological polar surface area (TPSA) is 131 Å². The van der Waals surface area contributed by atoms with Gasteiger partial charge in [-0.1, -0.05) is 24.3 Å². The highest BCUT2D eigenvalue weighted by Crippen LogP contribution is 2.36. The Kier molecular flexibility index (Phi) is 9.65. The van der Waals surface area contributed by atoms with E-state index in [2.05, 4.69) is 20.1 Å². The van der Waals surface area contributed by atoms with Crippen molar-refractivity contribution < 1.29 is 19.0 Å². The van der Waals surface area contributed by atoms with Gasteiger partial charge >= 0.3 is 6.03 Å². The van der Waals surface area contributed by atoms with E-state index in [1.807, 2.05) is 73.9 Å². The minimum Gasteiger partial charge on any atom is -0.497 e. The monoisotopic (exact) mass is 673 g/mol. The number of anilines is 4. The largest absolute Gasteiger partial charge is 0.497 e. The molecule has 2 aromatic carbocycles. The molecule has 2 aliphatic heterocycles. The lowest BCUT2D eigenvalue weighted by molar-refractivity contribution is 0.122. The summed E-state index contributed by atoms with van der Waals surface area (Å²) in [6.07, 6.45) is 7.57. The summed E-state index contributed by atoms with van der Waals surface area (Å²) < 4.78 is 16.3. The number of urea groups is 1. The third-order valence-electron chi connectivity index (χ3n) is 8.89. The molecule has 3 aromatic heterocycles. The molecule has 0 atom stereocenters. The first kappa shape index (κ1) is 32.7. The second-order valence-corrected chi connectivity index (χ2v) is 12.1. The Morgan fingerprint density at radius 1 is 0.860 bits per heavy atom. The van der Waals surface area contributed by atoms with Crippen molar-refractivity contribution in [3.63, 3.8) is 0 Å². The van der Waals surface area contributed by atoms with Gasteiger partial charge in [0.2, 0.25) is 11.9 Å². The molecule has 0 spiro atoms. The van der Waals surface area contributed by atoms with Crippen LogP contribution < -0.4 is 29.5 Å². The minimum atomic E-state index is -0.267. The summed E-state index contributed by atoms with van der Waals surface area (Å²) >= 11 is 0. The molecule has 0 saturated carbocycles. The van der Waals surface area contributed by atoms with E-state index in [0.29, 0.717) is 81.5 Å². The third kappa shape index (κ3) is 7.13. The zero-order chi connectivity index (χ0) is 34.5. The van der Waals surface area contributed by atoms with Crippen molar-refractivity contribution in [2.75, 3.05) is 67.1 Å². The van der Waals surface area contributed by atoms with Crippen LogP contribution in [-0.2, 0) is 24.2 Å². The van der Waals surface area contributed by atoms with E-state index in [9.17, 15) is 4.79 Å². The molecule has 13 nitrogen and oxygen atoms in total. The van der Waals surface area contributed by atoms with Crippen LogP contribution in [0.2, 0.25) is 0 Å². The lowest BCUT2D eigenvalue weighted by atomic mass is 10.1. The maximum atomic E-state index is 13.6. The predicted octanol–water partition coefficient (Wildman–Crippen LogP) is 5.29. The van der Waals surface area contributed by atoms with Crippen molar-refractivity contribution in [2.45, 2.75) is 26.4 Å². The van der Waals surface area contributed by atoms with Gasteiger partial charge in [-0.15, -0.1) is 0 Å². The van der Waals surface area contributed by atoms with Crippen LogP contribution in [0, 0.1) is 6.92 Å². The summed E-state index contributed by atoms with van der Waals surface area (Å²) in [7, 11) is 3.32. The Bertz CT molecular complexity index is 1880. The van der Waals surface area contributed by atoms with Gasteiger partial charge in [0.15, 0.2) is 0 Å². The van der Waals surface area contributed by atoms with Crippen molar-refractivity contribution in [3.8, 4) is 22.8 Å². The number of hydrogen-bond acceptors (Lipinski definition) is 11. The molecule has 0 aliphatic carbocycles. The van der Waals surface area contributed by atoms with E-state index in [1.54, 1.807) is 31.5 Å². The predicted molar refractivity (Wildman–Crippen MR) is 191 cm³/mol. The number of nitrogens with zero attached hydrogens (tertiary/aromatic N) is 8. The van der Waals surface area contributed by atoms with Gasteiger partial charge in [-0.05, 0) is 60.4 Å². The van der Waals surface area contributed by atoms with Gasteiger partial charge in [0, 0.05) is 62.4 Å². The normalized spacial score (nSPS) is 13.9. The third-order valence-corrected chi connectivity index (χ3v) is 8.89. The smallest absolute Gasteiger partial charge is 0.327 e. The Morgan fingerprint density at radius 2 is 1.50 bits per heavy atom. The molecule has 0 radical (unpaired) electrons. The summed E-state index contributed by atoms with van der Waals surface area (Å²) in [5.41, 5.74) is 6.12. The van der Waals surface area contributed by atoms with Gasteiger partial charge in [0.25, 0.3) is 0 Å². The SMILES string of the molecule is COc1ccc(CN(Cc2ccc(OC)cc2)c2ncc(-c3nc(N4CCOCC4)nc4c3CCN4C(=O)Nc3cnccc3C)cn2)cc1. The zero-order valence-corrected chi connectivity index (χ0v) is 28.4. The molecule has 2 amide bonds. The zero-order valence-electron chi connectivity index (χ0n) is 28.4. The number of morpholine rings is 1. The number of rotatable bonds is 10. The number of methoxy groups -OCH3 is 2. The summed E-state index contributed by atoms with van der Waals surface area (Å²) in [6, 6.07) is 17.6. The van der Waals surface area contributed by atoms with E-state index in [0.717, 1.165) is 39.3 Å². The first-order valence-corrected chi connectivity index (χ1v) is 16.5. The Labute approximate surface area is 290 Å². The molecular weight excluding hydrogens is 634 g/mol. The fourth-order valence-corrected chi connectivity index (χ4v) is 6.07. The lowest BCUT2D eigenvalue weighted by Gasteiger charge is -2.28. The first-order valence-electron chi connectivity index (χ1n) is 16.5. The van der Waals surface area contributed by atoms with E-state index >= 15 is 0 Å². The quantitative estimate of drug-likeness (QED) is 0.207. The number of amides is 2. The number of benzene rings is 2. The van der Waals surface area contributed by atoms with E-state index in [4.69, 9.17) is 34.1 Å². The van der Waals surface area contributed by atoms with Gasteiger partial charge in [-0.2, -0.15) is 4.98 Å². The maximum Gasteiger partial charge on any atom is 0.327 e. The van der Waals surface area contributed by atoms with Crippen LogP contribution in [0.3, 0.4) is 0 Å². The summed E-state index contributed by atoms with van der Waals surface area (Å²) in [6.45, 7) is 6.03. The van der Waals surface area contributed by atoms with Crippen molar-refractivity contribution in [2.24, 2.45) is 0 Å². The molecule has 7 rings (SSSR count). The average molecular weight is 674 g/mol. The average Bonchev–Trinajstić information content (AvgIpc) is 3.60. The summed E-state index contributed by atoms with van der Waals surface area (Å²) in [5, 5.41) is 3.01. The fraction of sp³-hybridized carbons (Fsp3) is 0.297. The van der Waals surface area contributed by atoms with E-state index in [1.165, 1.54) is 0 Å². The molecule has 1 fully saturated rings. The molecular formula is C37H39N9O4. The highest BCUT2D eigenvalue weighted by molar-refractivity contribution is 6.03. The maximum absolute atomic E-state index is 13.6. The molecule has 13 heteroatoms. The standard InChI is InChI=1S/C37H39N9O4/c1-25-12-14-38-22-32(25)41-37(47)46-15-13-31-33(42-36(43-34(31)46)44-16-18-50-19-17-44)28-20-39-35(40-21-28)45(23-26-4-8-29(48-2)9-5-26)24-27-6-10-30(49-3)11-7-27/h4-12,14,20-22H,13,15-19,23-24H2,1-3H3,(H,41,47). The Balaban J connectivity index is 1.21. The number of ether oxygens (including phenoxy) is 3. The fourth-order valence-electron chi connectivity index (χ4n) is 6.07. The molecule has 1 N–H and O–H groups in total. The number of fused-ring (bicyclic) bond motifs is 1. The van der Waals surface area contributed by atoms with Crippen LogP contribution in [0.4, 0.5) is 28.2 Å². The number of carbonyl (C=O) groups is 1. The van der Waals surface area contributed by atoms with Gasteiger partial charge in [0.05, 0.1) is 45.0 Å². The Morgan fingerprint density at radius 3 is 2.10 bits per heavy atom. The van der Waals surface area contributed by atoms with Crippen LogP contribution in [-0.4, -0.2) is 78.0 Å². The van der Waals surface area contributed by atoms with E-state index < -0.39 is 0 Å². The highest BCUT2D eigenvalue weighted by atomic mass is 16.5. The number of carbonyl (C=O) groups excluding carboxylic acids is 1. The number of hydrogen-bond donors (Lipinski definition) is 1. The first-order chi connectivity index (χ1) is 24.5. The molecule has 5 heterocycles. The van der Waals surface area contributed by atoms with Crippen LogP contribution >= 0.6 is 0 Å².